The van der Waals surface area contributed by atoms with Crippen LogP contribution < -0.4 is 0 Å². The second-order valence-electron chi connectivity index (χ2n) is 4.09. The molecule has 0 saturated carbocycles. The van der Waals surface area contributed by atoms with E-state index in [-0.39, 0.29) is 0 Å². The van der Waals surface area contributed by atoms with Crippen molar-refractivity contribution in [2.75, 3.05) is 5.33 Å². The normalized spacial score (nSPS) is 13.8. The Bertz CT molecular complexity index is 352. The van der Waals surface area contributed by atoms with Crippen LogP contribution in [0.5, 0.6) is 0 Å². The first kappa shape index (κ1) is 10.9. The zero-order valence-corrected chi connectivity index (χ0v) is 10.6. The van der Waals surface area contributed by atoms with Crippen molar-refractivity contribution in [1.29, 1.82) is 0 Å². The summed E-state index contributed by atoms with van der Waals surface area (Å²) in [5, 5.41) is 1.14. The predicted molar refractivity (Wildman–Crippen MR) is 70.4 cm³/mol. The number of unbranched alkanes of at least 4 members (excludes halogenated alkanes) is 2. The first-order valence-corrected chi connectivity index (χ1v) is 6.87. The lowest BCUT2D eigenvalue weighted by Gasteiger charge is -2.05. The van der Waals surface area contributed by atoms with E-state index in [0.717, 1.165) is 11.8 Å². The molecule has 1 heteroatoms. The fourth-order valence-corrected chi connectivity index (χ4v) is 2.57. The Morgan fingerprint density at radius 1 is 1.07 bits per heavy atom. The van der Waals surface area contributed by atoms with Gasteiger partial charge in [-0.15, -0.1) is 0 Å². The van der Waals surface area contributed by atoms with Gasteiger partial charge in [-0.25, -0.2) is 0 Å². The van der Waals surface area contributed by atoms with Gasteiger partial charge in [0.25, 0.3) is 0 Å². The average Bonchev–Trinajstić information content (AvgIpc) is 2.68. The third-order valence-electron chi connectivity index (χ3n) is 3.01. The van der Waals surface area contributed by atoms with Crippen LogP contribution in [0, 0.1) is 0 Å². The molecule has 0 atom stereocenters. The fraction of sp³-hybridized carbons (Fsp3) is 0.429. The smallest absolute Gasteiger partial charge is 0.00313 e. The summed E-state index contributed by atoms with van der Waals surface area (Å²) >= 11 is 3.47. The number of halogens is 1. The van der Waals surface area contributed by atoms with Crippen LogP contribution in [-0.2, 0) is 6.42 Å². The molecule has 0 nitrogen and oxygen atoms in total. The molecule has 0 spiro atoms. The molecule has 1 aromatic rings. The molecule has 1 aromatic carbocycles. The number of hydrogen-bond acceptors (Lipinski definition) is 0. The SMILES string of the molecule is BrCCCCCC1=CCc2ccccc21. The van der Waals surface area contributed by atoms with E-state index < -0.39 is 0 Å². The van der Waals surface area contributed by atoms with Crippen molar-refractivity contribution in [3.63, 3.8) is 0 Å². The summed E-state index contributed by atoms with van der Waals surface area (Å²) in [6.07, 6.45) is 8.76. The van der Waals surface area contributed by atoms with Crippen LogP contribution in [0.2, 0.25) is 0 Å². The van der Waals surface area contributed by atoms with Gasteiger partial charge in [0.2, 0.25) is 0 Å². The van der Waals surface area contributed by atoms with Gasteiger partial charge in [-0.1, -0.05) is 52.7 Å². The van der Waals surface area contributed by atoms with E-state index in [0.29, 0.717) is 0 Å². The van der Waals surface area contributed by atoms with Gasteiger partial charge in [-0.3, -0.25) is 0 Å². The van der Waals surface area contributed by atoms with Gasteiger partial charge in [0.1, 0.15) is 0 Å². The molecule has 0 aromatic heterocycles. The van der Waals surface area contributed by atoms with Gasteiger partial charge in [-0.05, 0) is 42.4 Å². The molecule has 0 N–H and O–H groups in total. The monoisotopic (exact) mass is 264 g/mol. The highest BCUT2D eigenvalue weighted by atomic mass is 79.9. The molecule has 1 aliphatic rings. The van der Waals surface area contributed by atoms with Crippen molar-refractivity contribution in [3.8, 4) is 0 Å². The lowest BCUT2D eigenvalue weighted by atomic mass is 10.0. The van der Waals surface area contributed by atoms with Crippen LogP contribution in [0.3, 0.4) is 0 Å². The summed E-state index contributed by atoms with van der Waals surface area (Å²) in [5.74, 6) is 0. The van der Waals surface area contributed by atoms with Crippen molar-refractivity contribution in [2.45, 2.75) is 32.1 Å². The largest absolute Gasteiger partial charge is 0.0928 e. The van der Waals surface area contributed by atoms with E-state index in [1.807, 2.05) is 0 Å². The van der Waals surface area contributed by atoms with Crippen molar-refractivity contribution in [1.82, 2.24) is 0 Å². The van der Waals surface area contributed by atoms with Crippen LogP contribution in [0.4, 0.5) is 0 Å². The van der Waals surface area contributed by atoms with Crippen LogP contribution in [0.25, 0.3) is 5.57 Å². The Morgan fingerprint density at radius 2 is 1.93 bits per heavy atom. The molecule has 15 heavy (non-hydrogen) atoms. The maximum absolute atomic E-state index is 3.47. The highest BCUT2D eigenvalue weighted by molar-refractivity contribution is 9.09. The minimum atomic E-state index is 1.14. The van der Waals surface area contributed by atoms with E-state index in [2.05, 4.69) is 46.3 Å². The Hall–Kier alpha value is -0.560. The lowest BCUT2D eigenvalue weighted by molar-refractivity contribution is 0.743. The van der Waals surface area contributed by atoms with Crippen LogP contribution in [0.1, 0.15) is 36.8 Å². The molecular weight excluding hydrogens is 248 g/mol. The standard InChI is InChI=1S/C14H17Br/c15-11-5-1-2-6-12-9-10-13-7-3-4-8-14(12)13/h3-4,7-9H,1-2,5-6,10-11H2. The Morgan fingerprint density at radius 3 is 2.80 bits per heavy atom. The quantitative estimate of drug-likeness (QED) is 0.540. The van der Waals surface area contributed by atoms with E-state index in [9.17, 15) is 0 Å². The number of allylic oxidation sites excluding steroid dienone is 2. The minimum Gasteiger partial charge on any atom is -0.0928 e. The zero-order chi connectivity index (χ0) is 10.5. The molecule has 2 rings (SSSR count). The maximum atomic E-state index is 3.47. The van der Waals surface area contributed by atoms with Gasteiger partial charge < -0.3 is 0 Å². The summed E-state index contributed by atoms with van der Waals surface area (Å²) in [7, 11) is 0. The number of rotatable bonds is 5. The summed E-state index contributed by atoms with van der Waals surface area (Å²) in [4.78, 5) is 0. The molecule has 80 valence electrons. The number of hydrogen-bond donors (Lipinski definition) is 0. The minimum absolute atomic E-state index is 1.14. The highest BCUT2D eigenvalue weighted by Crippen LogP contribution is 2.30. The fourth-order valence-electron chi connectivity index (χ4n) is 2.18. The molecule has 0 saturated heterocycles. The van der Waals surface area contributed by atoms with Crippen molar-refractivity contribution < 1.29 is 0 Å². The molecule has 1 aliphatic carbocycles. The van der Waals surface area contributed by atoms with Gasteiger partial charge in [0, 0.05) is 5.33 Å². The molecule has 0 unspecified atom stereocenters. The highest BCUT2D eigenvalue weighted by Gasteiger charge is 2.11. The van der Waals surface area contributed by atoms with E-state index in [1.165, 1.54) is 36.8 Å². The number of fused-ring (bicyclic) bond motifs is 1. The van der Waals surface area contributed by atoms with Crippen molar-refractivity contribution >= 4 is 21.5 Å². The summed E-state index contributed by atoms with van der Waals surface area (Å²) < 4.78 is 0. The summed E-state index contributed by atoms with van der Waals surface area (Å²) in [6.45, 7) is 0. The van der Waals surface area contributed by atoms with Crippen molar-refractivity contribution in [2.24, 2.45) is 0 Å². The first-order valence-electron chi connectivity index (χ1n) is 5.75. The van der Waals surface area contributed by atoms with Gasteiger partial charge in [0.05, 0.1) is 0 Å². The molecule has 0 amide bonds. The summed E-state index contributed by atoms with van der Waals surface area (Å²) in [6, 6.07) is 8.80. The van der Waals surface area contributed by atoms with Gasteiger partial charge >= 0.3 is 0 Å². The van der Waals surface area contributed by atoms with E-state index in [4.69, 9.17) is 0 Å². The molecule has 0 heterocycles. The van der Waals surface area contributed by atoms with E-state index >= 15 is 0 Å². The predicted octanol–water partition coefficient (Wildman–Crippen LogP) is 4.58. The molecule has 0 radical (unpaired) electrons. The van der Waals surface area contributed by atoms with Gasteiger partial charge in [0.15, 0.2) is 0 Å². The molecule has 0 aliphatic heterocycles. The lowest BCUT2D eigenvalue weighted by Crippen LogP contribution is -1.85. The third-order valence-corrected chi connectivity index (χ3v) is 3.57. The van der Waals surface area contributed by atoms with Crippen LogP contribution >= 0.6 is 15.9 Å². The molecular formula is C14H17Br. The third kappa shape index (κ3) is 2.72. The maximum Gasteiger partial charge on any atom is 0.00313 e. The van der Waals surface area contributed by atoms with Crippen LogP contribution in [0.15, 0.2) is 30.3 Å². The van der Waals surface area contributed by atoms with Crippen molar-refractivity contribution in [3.05, 3.63) is 41.5 Å². The molecule has 0 bridgehead atoms. The number of alkyl halides is 1. The Balaban J connectivity index is 1.90. The second-order valence-corrected chi connectivity index (χ2v) is 4.88. The summed E-state index contributed by atoms with van der Waals surface area (Å²) in [5.41, 5.74) is 4.57. The topological polar surface area (TPSA) is 0 Å². The van der Waals surface area contributed by atoms with Gasteiger partial charge in [-0.2, -0.15) is 0 Å². The first-order chi connectivity index (χ1) is 7.42. The Labute approximate surface area is 101 Å². The average molecular weight is 265 g/mol. The Kier molecular flexibility index (Phi) is 4.01. The number of benzene rings is 1. The second kappa shape index (κ2) is 5.50. The molecule has 0 fully saturated rings. The van der Waals surface area contributed by atoms with E-state index in [1.54, 1.807) is 5.57 Å². The zero-order valence-electron chi connectivity index (χ0n) is 9.01. The van der Waals surface area contributed by atoms with Crippen LogP contribution in [-0.4, -0.2) is 5.33 Å².